The molecule has 0 atom stereocenters. The van der Waals surface area contributed by atoms with Crippen LogP contribution in [0.1, 0.15) is 40.5 Å². The fraction of sp³-hybridized carbons (Fsp3) is 0.938. The van der Waals surface area contributed by atoms with Crippen LogP contribution < -0.4 is 10.6 Å². The molecule has 0 aliphatic heterocycles. The minimum Gasteiger partial charge on any atom is -0.382 e. The summed E-state index contributed by atoms with van der Waals surface area (Å²) in [5.74, 6) is 0.917. The first-order valence-electron chi connectivity index (χ1n) is 8.16. The Morgan fingerprint density at radius 2 is 1.86 bits per heavy atom. The second kappa shape index (κ2) is 11.8. The summed E-state index contributed by atoms with van der Waals surface area (Å²) >= 11 is 0. The number of aliphatic imine (C=N–C) groups is 1. The van der Waals surface area contributed by atoms with Crippen molar-refractivity contribution in [2.45, 2.75) is 40.5 Å². The molecule has 0 spiro atoms. The SMILES string of the molecule is CCNC(=NCC(C)(C)CN(C)C)NCCCCOCC. The highest BCUT2D eigenvalue weighted by molar-refractivity contribution is 5.79. The van der Waals surface area contributed by atoms with Crippen LogP contribution in [0, 0.1) is 5.41 Å². The normalized spacial score (nSPS) is 12.8. The first-order valence-corrected chi connectivity index (χ1v) is 8.16. The van der Waals surface area contributed by atoms with Gasteiger partial charge < -0.3 is 20.3 Å². The van der Waals surface area contributed by atoms with Gasteiger partial charge in [-0.25, -0.2) is 0 Å². The molecule has 126 valence electrons. The van der Waals surface area contributed by atoms with E-state index in [2.05, 4.69) is 50.4 Å². The van der Waals surface area contributed by atoms with E-state index in [1.165, 1.54) is 0 Å². The molecular weight excluding hydrogens is 264 g/mol. The van der Waals surface area contributed by atoms with E-state index in [0.29, 0.717) is 0 Å². The lowest BCUT2D eigenvalue weighted by Crippen LogP contribution is -2.39. The van der Waals surface area contributed by atoms with E-state index in [0.717, 1.165) is 58.2 Å². The van der Waals surface area contributed by atoms with E-state index < -0.39 is 0 Å². The fourth-order valence-corrected chi connectivity index (χ4v) is 2.22. The summed E-state index contributed by atoms with van der Waals surface area (Å²) in [5.41, 5.74) is 0.181. The number of unbranched alkanes of at least 4 members (excludes halogenated alkanes) is 1. The van der Waals surface area contributed by atoms with Crippen LogP contribution in [0.3, 0.4) is 0 Å². The van der Waals surface area contributed by atoms with E-state index >= 15 is 0 Å². The maximum absolute atomic E-state index is 5.34. The number of rotatable bonds is 11. The van der Waals surface area contributed by atoms with Gasteiger partial charge in [0.25, 0.3) is 0 Å². The molecule has 0 aromatic heterocycles. The molecule has 0 fully saturated rings. The molecule has 0 rings (SSSR count). The lowest BCUT2D eigenvalue weighted by atomic mass is 9.93. The molecule has 0 amide bonds. The maximum atomic E-state index is 5.34. The van der Waals surface area contributed by atoms with Crippen LogP contribution in [-0.4, -0.2) is 64.3 Å². The minimum atomic E-state index is 0.181. The van der Waals surface area contributed by atoms with Crippen molar-refractivity contribution in [2.24, 2.45) is 10.4 Å². The maximum Gasteiger partial charge on any atom is 0.191 e. The van der Waals surface area contributed by atoms with E-state index in [1.54, 1.807) is 0 Å². The molecule has 0 aromatic carbocycles. The Morgan fingerprint density at radius 3 is 2.43 bits per heavy atom. The molecule has 0 aromatic rings. The zero-order chi connectivity index (χ0) is 16.1. The van der Waals surface area contributed by atoms with Gasteiger partial charge in [0.05, 0.1) is 0 Å². The Kier molecular flexibility index (Phi) is 11.4. The number of guanidine groups is 1. The Hall–Kier alpha value is -0.810. The van der Waals surface area contributed by atoms with Crippen molar-refractivity contribution in [1.29, 1.82) is 0 Å². The van der Waals surface area contributed by atoms with Crippen LogP contribution >= 0.6 is 0 Å². The van der Waals surface area contributed by atoms with Gasteiger partial charge in [0.15, 0.2) is 5.96 Å². The summed E-state index contributed by atoms with van der Waals surface area (Å²) in [6.45, 7) is 14.0. The predicted molar refractivity (Wildman–Crippen MR) is 92.0 cm³/mol. The van der Waals surface area contributed by atoms with Gasteiger partial charge in [0.2, 0.25) is 0 Å². The van der Waals surface area contributed by atoms with Crippen LogP contribution in [0.25, 0.3) is 0 Å². The highest BCUT2D eigenvalue weighted by Gasteiger charge is 2.18. The third kappa shape index (κ3) is 12.6. The molecule has 5 nitrogen and oxygen atoms in total. The van der Waals surface area contributed by atoms with Gasteiger partial charge >= 0.3 is 0 Å². The first-order chi connectivity index (χ1) is 9.91. The van der Waals surface area contributed by atoms with Gasteiger partial charge in [-0.15, -0.1) is 0 Å². The predicted octanol–water partition coefficient (Wildman–Crippen LogP) is 1.95. The van der Waals surface area contributed by atoms with Crippen molar-refractivity contribution >= 4 is 5.96 Å². The summed E-state index contributed by atoms with van der Waals surface area (Å²) < 4.78 is 5.34. The second-order valence-corrected chi connectivity index (χ2v) is 6.43. The van der Waals surface area contributed by atoms with Crippen molar-refractivity contribution in [3.8, 4) is 0 Å². The highest BCUT2D eigenvalue weighted by atomic mass is 16.5. The molecule has 0 saturated carbocycles. The lowest BCUT2D eigenvalue weighted by molar-refractivity contribution is 0.143. The molecule has 0 aliphatic carbocycles. The summed E-state index contributed by atoms with van der Waals surface area (Å²) in [4.78, 5) is 6.92. The summed E-state index contributed by atoms with van der Waals surface area (Å²) in [7, 11) is 4.21. The van der Waals surface area contributed by atoms with Gasteiger partial charge in [0, 0.05) is 39.4 Å². The van der Waals surface area contributed by atoms with E-state index in [1.807, 2.05) is 6.92 Å². The van der Waals surface area contributed by atoms with Gasteiger partial charge in [-0.2, -0.15) is 0 Å². The van der Waals surface area contributed by atoms with E-state index in [4.69, 9.17) is 9.73 Å². The van der Waals surface area contributed by atoms with Crippen LogP contribution in [0.15, 0.2) is 4.99 Å². The zero-order valence-corrected chi connectivity index (χ0v) is 15.0. The van der Waals surface area contributed by atoms with Crippen LogP contribution in [-0.2, 0) is 4.74 Å². The summed E-state index contributed by atoms with van der Waals surface area (Å²) in [5, 5.41) is 6.70. The summed E-state index contributed by atoms with van der Waals surface area (Å²) in [6, 6.07) is 0. The van der Waals surface area contributed by atoms with E-state index in [-0.39, 0.29) is 5.41 Å². The number of nitrogens with zero attached hydrogens (tertiary/aromatic N) is 2. The third-order valence-electron chi connectivity index (χ3n) is 2.97. The molecule has 2 N–H and O–H groups in total. The molecule has 0 unspecified atom stereocenters. The van der Waals surface area contributed by atoms with E-state index in [9.17, 15) is 0 Å². The summed E-state index contributed by atoms with van der Waals surface area (Å²) in [6.07, 6.45) is 2.19. The molecule has 0 radical (unpaired) electrons. The zero-order valence-electron chi connectivity index (χ0n) is 15.0. The number of hydrogen-bond donors (Lipinski definition) is 2. The Bertz CT molecular complexity index is 277. The lowest BCUT2D eigenvalue weighted by Gasteiger charge is -2.26. The average molecular weight is 300 g/mol. The van der Waals surface area contributed by atoms with Gasteiger partial charge in [0.1, 0.15) is 0 Å². The number of ether oxygens (including phenoxy) is 1. The Morgan fingerprint density at radius 1 is 1.14 bits per heavy atom. The third-order valence-corrected chi connectivity index (χ3v) is 2.97. The minimum absolute atomic E-state index is 0.181. The van der Waals surface area contributed by atoms with Crippen molar-refractivity contribution in [1.82, 2.24) is 15.5 Å². The monoisotopic (exact) mass is 300 g/mol. The molecule has 0 aliphatic rings. The van der Waals surface area contributed by atoms with Gasteiger partial charge in [-0.3, -0.25) is 4.99 Å². The quantitative estimate of drug-likeness (QED) is 0.348. The molecule has 0 heterocycles. The molecule has 0 saturated heterocycles. The van der Waals surface area contributed by atoms with Crippen molar-refractivity contribution < 1.29 is 4.74 Å². The largest absolute Gasteiger partial charge is 0.382 e. The first kappa shape index (κ1) is 20.2. The standard InChI is InChI=1S/C16H36N4O/c1-7-17-15(18-11-9-10-12-21-8-2)19-13-16(3,4)14-20(5)6/h7-14H2,1-6H3,(H2,17,18,19). The number of nitrogens with one attached hydrogen (secondary N) is 2. The van der Waals surface area contributed by atoms with Crippen molar-refractivity contribution in [3.05, 3.63) is 0 Å². The topological polar surface area (TPSA) is 48.9 Å². The molecule has 5 heteroatoms. The Labute approximate surface area is 131 Å². The van der Waals surface area contributed by atoms with Crippen molar-refractivity contribution in [2.75, 3.05) is 53.5 Å². The fourth-order valence-electron chi connectivity index (χ4n) is 2.22. The van der Waals surface area contributed by atoms with Crippen LogP contribution in [0.2, 0.25) is 0 Å². The Balaban J connectivity index is 4.11. The molecule has 21 heavy (non-hydrogen) atoms. The average Bonchev–Trinajstić information content (AvgIpc) is 2.38. The van der Waals surface area contributed by atoms with Crippen molar-refractivity contribution in [3.63, 3.8) is 0 Å². The highest BCUT2D eigenvalue weighted by Crippen LogP contribution is 2.15. The van der Waals surface area contributed by atoms with Gasteiger partial charge in [-0.05, 0) is 46.2 Å². The molecule has 0 bridgehead atoms. The van der Waals surface area contributed by atoms with Crippen LogP contribution in [0.4, 0.5) is 0 Å². The second-order valence-electron chi connectivity index (χ2n) is 6.43. The number of hydrogen-bond acceptors (Lipinski definition) is 3. The van der Waals surface area contributed by atoms with Gasteiger partial charge in [-0.1, -0.05) is 13.8 Å². The molecular formula is C16H36N4O. The van der Waals surface area contributed by atoms with Crippen LogP contribution in [0.5, 0.6) is 0 Å². The smallest absolute Gasteiger partial charge is 0.191 e.